The van der Waals surface area contributed by atoms with Crippen LogP contribution in [0.2, 0.25) is 0 Å². The number of aliphatic hydroxyl groups is 1. The standard InChI is InChI=1S/C15H20N2O/c1-3-14-10-15(17(2)16-14)9-13(11-18)12-7-5-4-6-8-12/h4-8,10,13,18H,3,9,11H2,1-2H3. The molecule has 96 valence electrons. The van der Waals surface area contributed by atoms with Crippen molar-refractivity contribution in [1.82, 2.24) is 9.78 Å². The number of aryl methyl sites for hydroxylation is 2. The Morgan fingerprint density at radius 1 is 1.28 bits per heavy atom. The highest BCUT2D eigenvalue weighted by molar-refractivity contribution is 5.22. The molecule has 1 heterocycles. The van der Waals surface area contributed by atoms with E-state index in [-0.39, 0.29) is 12.5 Å². The Labute approximate surface area is 108 Å². The van der Waals surface area contributed by atoms with E-state index in [0.717, 1.165) is 18.5 Å². The molecule has 0 radical (unpaired) electrons. The lowest BCUT2D eigenvalue weighted by Gasteiger charge is -2.14. The molecular weight excluding hydrogens is 224 g/mol. The zero-order valence-corrected chi connectivity index (χ0v) is 11.0. The second-order valence-corrected chi connectivity index (χ2v) is 4.60. The number of nitrogens with zero attached hydrogens (tertiary/aromatic N) is 2. The van der Waals surface area contributed by atoms with Gasteiger partial charge in [0.2, 0.25) is 0 Å². The predicted molar refractivity (Wildman–Crippen MR) is 72.6 cm³/mol. The van der Waals surface area contributed by atoms with Gasteiger partial charge in [0.25, 0.3) is 0 Å². The minimum atomic E-state index is 0.145. The third-order valence-corrected chi connectivity index (χ3v) is 3.34. The van der Waals surface area contributed by atoms with E-state index in [1.807, 2.05) is 29.9 Å². The molecule has 3 heteroatoms. The SMILES string of the molecule is CCc1cc(CC(CO)c2ccccc2)n(C)n1. The summed E-state index contributed by atoms with van der Waals surface area (Å²) < 4.78 is 1.92. The summed E-state index contributed by atoms with van der Waals surface area (Å²) in [6.45, 7) is 2.27. The van der Waals surface area contributed by atoms with Gasteiger partial charge in [-0.05, 0) is 24.5 Å². The maximum absolute atomic E-state index is 9.57. The smallest absolute Gasteiger partial charge is 0.0624 e. The summed E-state index contributed by atoms with van der Waals surface area (Å²) in [5, 5.41) is 14.0. The maximum Gasteiger partial charge on any atom is 0.0624 e. The molecule has 1 unspecified atom stereocenters. The van der Waals surface area contributed by atoms with Crippen LogP contribution in [0, 0.1) is 0 Å². The monoisotopic (exact) mass is 244 g/mol. The first kappa shape index (κ1) is 12.8. The molecule has 1 aromatic carbocycles. The molecule has 0 spiro atoms. The highest BCUT2D eigenvalue weighted by atomic mass is 16.3. The van der Waals surface area contributed by atoms with Crippen molar-refractivity contribution in [2.24, 2.45) is 7.05 Å². The first-order chi connectivity index (χ1) is 8.74. The van der Waals surface area contributed by atoms with Crippen molar-refractivity contribution in [1.29, 1.82) is 0 Å². The molecule has 1 aromatic heterocycles. The van der Waals surface area contributed by atoms with Crippen LogP contribution in [0.25, 0.3) is 0 Å². The van der Waals surface area contributed by atoms with Crippen LogP contribution in [0.4, 0.5) is 0 Å². The summed E-state index contributed by atoms with van der Waals surface area (Å²) in [6.07, 6.45) is 1.77. The van der Waals surface area contributed by atoms with Gasteiger partial charge in [-0.25, -0.2) is 0 Å². The van der Waals surface area contributed by atoms with Gasteiger partial charge >= 0.3 is 0 Å². The molecule has 1 atom stereocenters. The second kappa shape index (κ2) is 5.83. The zero-order chi connectivity index (χ0) is 13.0. The summed E-state index contributed by atoms with van der Waals surface area (Å²) in [4.78, 5) is 0. The number of rotatable bonds is 5. The molecule has 1 N–H and O–H groups in total. The zero-order valence-electron chi connectivity index (χ0n) is 11.0. The molecule has 2 rings (SSSR count). The van der Waals surface area contributed by atoms with Crippen LogP contribution in [-0.4, -0.2) is 21.5 Å². The summed E-state index contributed by atoms with van der Waals surface area (Å²) in [5.41, 5.74) is 3.46. The maximum atomic E-state index is 9.57. The van der Waals surface area contributed by atoms with Gasteiger partial charge in [-0.2, -0.15) is 5.10 Å². The van der Waals surface area contributed by atoms with E-state index in [2.05, 4.69) is 30.2 Å². The molecule has 0 aliphatic heterocycles. The number of hydrogen-bond donors (Lipinski definition) is 1. The number of aromatic nitrogens is 2. The third-order valence-electron chi connectivity index (χ3n) is 3.34. The minimum absolute atomic E-state index is 0.145. The van der Waals surface area contributed by atoms with Gasteiger partial charge in [-0.1, -0.05) is 37.3 Å². The van der Waals surface area contributed by atoms with E-state index in [9.17, 15) is 5.11 Å². The molecule has 0 aliphatic rings. The molecule has 0 saturated heterocycles. The summed E-state index contributed by atoms with van der Waals surface area (Å²) in [6, 6.07) is 12.3. The lowest BCUT2D eigenvalue weighted by molar-refractivity contribution is 0.263. The first-order valence-electron chi connectivity index (χ1n) is 6.42. The highest BCUT2D eigenvalue weighted by Crippen LogP contribution is 2.20. The number of benzene rings is 1. The number of hydrogen-bond acceptors (Lipinski definition) is 2. The van der Waals surface area contributed by atoms with Gasteiger partial charge < -0.3 is 5.11 Å². The van der Waals surface area contributed by atoms with E-state index in [1.54, 1.807) is 0 Å². The van der Waals surface area contributed by atoms with Gasteiger partial charge in [0, 0.05) is 18.7 Å². The Morgan fingerprint density at radius 3 is 2.56 bits per heavy atom. The number of aliphatic hydroxyl groups excluding tert-OH is 1. The van der Waals surface area contributed by atoms with Crippen LogP contribution in [-0.2, 0) is 19.9 Å². The lowest BCUT2D eigenvalue weighted by Crippen LogP contribution is -2.10. The fraction of sp³-hybridized carbons (Fsp3) is 0.400. The van der Waals surface area contributed by atoms with Crippen LogP contribution in [0.1, 0.15) is 29.8 Å². The topological polar surface area (TPSA) is 38.0 Å². The van der Waals surface area contributed by atoms with E-state index in [4.69, 9.17) is 0 Å². The van der Waals surface area contributed by atoms with Gasteiger partial charge in [0.15, 0.2) is 0 Å². The Kier molecular flexibility index (Phi) is 4.15. The lowest BCUT2D eigenvalue weighted by atomic mass is 9.95. The predicted octanol–water partition coefficient (Wildman–Crippen LogP) is 2.30. The van der Waals surface area contributed by atoms with Crippen LogP contribution >= 0.6 is 0 Å². The van der Waals surface area contributed by atoms with Crippen molar-refractivity contribution in [2.45, 2.75) is 25.7 Å². The largest absolute Gasteiger partial charge is 0.396 e. The fourth-order valence-electron chi connectivity index (χ4n) is 2.20. The molecule has 0 bridgehead atoms. The van der Waals surface area contributed by atoms with Crippen molar-refractivity contribution in [3.05, 3.63) is 53.3 Å². The van der Waals surface area contributed by atoms with Gasteiger partial charge in [-0.15, -0.1) is 0 Å². The fourth-order valence-corrected chi connectivity index (χ4v) is 2.20. The Hall–Kier alpha value is -1.61. The van der Waals surface area contributed by atoms with Crippen LogP contribution < -0.4 is 0 Å². The van der Waals surface area contributed by atoms with Gasteiger partial charge in [0.05, 0.1) is 12.3 Å². The van der Waals surface area contributed by atoms with Crippen molar-refractivity contribution < 1.29 is 5.11 Å². The van der Waals surface area contributed by atoms with Gasteiger partial charge in [0.1, 0.15) is 0 Å². The first-order valence-corrected chi connectivity index (χ1v) is 6.42. The Balaban J connectivity index is 2.18. The molecule has 0 amide bonds. The average molecular weight is 244 g/mol. The van der Waals surface area contributed by atoms with Crippen LogP contribution in [0.15, 0.2) is 36.4 Å². The molecule has 0 fully saturated rings. The van der Waals surface area contributed by atoms with Gasteiger partial charge in [-0.3, -0.25) is 4.68 Å². The normalized spacial score (nSPS) is 12.6. The summed E-state index contributed by atoms with van der Waals surface area (Å²) in [5.74, 6) is 0.145. The van der Waals surface area contributed by atoms with Crippen LogP contribution in [0.5, 0.6) is 0 Å². The van der Waals surface area contributed by atoms with Crippen molar-refractivity contribution >= 4 is 0 Å². The molecule has 0 saturated carbocycles. The molecule has 2 aromatic rings. The molecule has 18 heavy (non-hydrogen) atoms. The Morgan fingerprint density at radius 2 is 2.00 bits per heavy atom. The van der Waals surface area contributed by atoms with E-state index in [0.29, 0.717) is 0 Å². The van der Waals surface area contributed by atoms with Crippen molar-refractivity contribution in [2.75, 3.05) is 6.61 Å². The Bertz CT molecular complexity index is 490. The summed E-state index contributed by atoms with van der Waals surface area (Å²) >= 11 is 0. The van der Waals surface area contributed by atoms with E-state index < -0.39 is 0 Å². The minimum Gasteiger partial charge on any atom is -0.396 e. The summed E-state index contributed by atoms with van der Waals surface area (Å²) in [7, 11) is 1.97. The van der Waals surface area contributed by atoms with Crippen LogP contribution in [0.3, 0.4) is 0 Å². The molecule has 3 nitrogen and oxygen atoms in total. The molecule has 0 aliphatic carbocycles. The average Bonchev–Trinajstić information content (AvgIpc) is 2.77. The molecular formula is C15H20N2O. The van der Waals surface area contributed by atoms with Crippen molar-refractivity contribution in [3.63, 3.8) is 0 Å². The second-order valence-electron chi connectivity index (χ2n) is 4.60. The highest BCUT2D eigenvalue weighted by Gasteiger charge is 2.14. The van der Waals surface area contributed by atoms with E-state index >= 15 is 0 Å². The third kappa shape index (κ3) is 2.79. The van der Waals surface area contributed by atoms with E-state index in [1.165, 1.54) is 11.3 Å². The quantitative estimate of drug-likeness (QED) is 0.876. The van der Waals surface area contributed by atoms with Crippen molar-refractivity contribution in [3.8, 4) is 0 Å².